The first kappa shape index (κ1) is 22.0. The molecule has 2 amide bonds. The van der Waals surface area contributed by atoms with Crippen molar-refractivity contribution in [2.45, 2.75) is 40.2 Å². The highest BCUT2D eigenvalue weighted by molar-refractivity contribution is 7.18. The van der Waals surface area contributed by atoms with Gasteiger partial charge in [0.15, 0.2) is 0 Å². The van der Waals surface area contributed by atoms with Gasteiger partial charge < -0.3 is 10.6 Å². The summed E-state index contributed by atoms with van der Waals surface area (Å²) in [4.78, 5) is 25.8. The standard InChI is InChI=1S/C21H22ClFN4O2S/c1-11-8-17(25-19(28)14-7-6-13(23)10-15(14)22)30-18(11)20(29)24-16-9-12(2)26-27(16)21(3,4)5/h6-10H,1-5H3,(H,24,29)(H,25,28). The zero-order valence-electron chi connectivity index (χ0n) is 17.3. The molecule has 2 heterocycles. The molecular formula is C21H22ClFN4O2S. The largest absolute Gasteiger partial charge is 0.313 e. The lowest BCUT2D eigenvalue weighted by Crippen LogP contribution is -2.26. The highest BCUT2D eigenvalue weighted by Gasteiger charge is 2.22. The third-order valence-corrected chi connectivity index (χ3v) is 5.71. The van der Waals surface area contributed by atoms with Crippen molar-refractivity contribution in [1.29, 1.82) is 0 Å². The van der Waals surface area contributed by atoms with E-state index >= 15 is 0 Å². The Bertz CT molecular complexity index is 1130. The van der Waals surface area contributed by atoms with Crippen molar-refractivity contribution < 1.29 is 14.0 Å². The molecule has 0 atom stereocenters. The van der Waals surface area contributed by atoms with Crippen molar-refractivity contribution >= 4 is 45.6 Å². The summed E-state index contributed by atoms with van der Waals surface area (Å²) < 4.78 is 15.0. The van der Waals surface area contributed by atoms with E-state index in [1.54, 1.807) is 17.7 Å². The Kier molecular flexibility index (Phi) is 6.01. The van der Waals surface area contributed by atoms with Crippen LogP contribution in [0.4, 0.5) is 15.2 Å². The highest BCUT2D eigenvalue weighted by atomic mass is 35.5. The Morgan fingerprint density at radius 1 is 1.10 bits per heavy atom. The van der Waals surface area contributed by atoms with Gasteiger partial charge in [0.2, 0.25) is 0 Å². The molecule has 0 unspecified atom stereocenters. The lowest BCUT2D eigenvalue weighted by Gasteiger charge is -2.22. The molecule has 3 aromatic rings. The number of hydrogen-bond donors (Lipinski definition) is 2. The molecule has 158 valence electrons. The summed E-state index contributed by atoms with van der Waals surface area (Å²) >= 11 is 7.10. The summed E-state index contributed by atoms with van der Waals surface area (Å²) in [7, 11) is 0. The lowest BCUT2D eigenvalue weighted by atomic mass is 10.1. The van der Waals surface area contributed by atoms with E-state index < -0.39 is 11.7 Å². The Hall–Kier alpha value is -2.71. The van der Waals surface area contributed by atoms with Crippen molar-refractivity contribution in [3.8, 4) is 0 Å². The number of carbonyl (C=O) groups excluding carboxylic acids is 2. The molecule has 30 heavy (non-hydrogen) atoms. The summed E-state index contributed by atoms with van der Waals surface area (Å²) in [6.45, 7) is 9.65. The number of aromatic nitrogens is 2. The second-order valence-corrected chi connectivity index (χ2v) is 9.37. The molecule has 1 aromatic carbocycles. The molecule has 2 N–H and O–H groups in total. The Balaban J connectivity index is 1.79. The van der Waals surface area contributed by atoms with Crippen molar-refractivity contribution in [3.05, 3.63) is 62.9 Å². The van der Waals surface area contributed by atoms with Crippen LogP contribution in [0.3, 0.4) is 0 Å². The maximum Gasteiger partial charge on any atom is 0.267 e. The molecule has 6 nitrogen and oxygen atoms in total. The first-order valence-corrected chi connectivity index (χ1v) is 10.4. The topological polar surface area (TPSA) is 76.0 Å². The Morgan fingerprint density at radius 2 is 1.80 bits per heavy atom. The number of aryl methyl sites for hydroxylation is 2. The number of carbonyl (C=O) groups is 2. The first-order valence-electron chi connectivity index (χ1n) is 9.21. The minimum Gasteiger partial charge on any atom is -0.313 e. The molecule has 0 saturated heterocycles. The van der Waals surface area contributed by atoms with Crippen LogP contribution in [-0.4, -0.2) is 21.6 Å². The van der Waals surface area contributed by atoms with Gasteiger partial charge in [0, 0.05) is 6.07 Å². The SMILES string of the molecule is Cc1cc(NC(=O)c2sc(NC(=O)c3ccc(F)cc3Cl)cc2C)n(C(C)(C)C)n1. The highest BCUT2D eigenvalue weighted by Crippen LogP contribution is 2.29. The lowest BCUT2D eigenvalue weighted by molar-refractivity contribution is 0.101. The molecule has 2 aromatic heterocycles. The van der Waals surface area contributed by atoms with Crippen LogP contribution in [0.25, 0.3) is 0 Å². The van der Waals surface area contributed by atoms with Gasteiger partial charge in [0.05, 0.1) is 31.7 Å². The summed E-state index contributed by atoms with van der Waals surface area (Å²) in [6.07, 6.45) is 0. The molecule has 0 bridgehead atoms. The number of benzene rings is 1. The van der Waals surface area contributed by atoms with Crippen LogP contribution in [0.5, 0.6) is 0 Å². The second kappa shape index (κ2) is 8.20. The summed E-state index contributed by atoms with van der Waals surface area (Å²) in [5.74, 6) is -0.688. The van der Waals surface area contributed by atoms with Crippen LogP contribution in [0.1, 0.15) is 52.1 Å². The Morgan fingerprint density at radius 3 is 2.43 bits per heavy atom. The quantitative estimate of drug-likeness (QED) is 0.544. The van der Waals surface area contributed by atoms with E-state index in [0.717, 1.165) is 28.7 Å². The van der Waals surface area contributed by atoms with Crippen molar-refractivity contribution in [3.63, 3.8) is 0 Å². The van der Waals surface area contributed by atoms with E-state index in [1.807, 2.05) is 33.8 Å². The predicted molar refractivity (Wildman–Crippen MR) is 118 cm³/mol. The number of halogens is 2. The molecule has 9 heteroatoms. The van der Waals surface area contributed by atoms with Gasteiger partial charge in [-0.3, -0.25) is 9.59 Å². The minimum atomic E-state index is -0.521. The van der Waals surface area contributed by atoms with Crippen LogP contribution in [0, 0.1) is 19.7 Å². The smallest absolute Gasteiger partial charge is 0.267 e. The van der Waals surface area contributed by atoms with Gasteiger partial charge in [-0.05, 0) is 64.4 Å². The van der Waals surface area contributed by atoms with Gasteiger partial charge in [-0.2, -0.15) is 5.10 Å². The van der Waals surface area contributed by atoms with Gasteiger partial charge in [-0.1, -0.05) is 11.6 Å². The van der Waals surface area contributed by atoms with Crippen LogP contribution >= 0.6 is 22.9 Å². The second-order valence-electron chi connectivity index (χ2n) is 7.91. The fraction of sp³-hybridized carbons (Fsp3) is 0.286. The van der Waals surface area contributed by atoms with Gasteiger partial charge in [0.1, 0.15) is 11.6 Å². The van der Waals surface area contributed by atoms with Gasteiger partial charge in [0.25, 0.3) is 11.8 Å². The van der Waals surface area contributed by atoms with Gasteiger partial charge in [-0.15, -0.1) is 11.3 Å². The average molecular weight is 449 g/mol. The number of nitrogens with one attached hydrogen (secondary N) is 2. The fourth-order valence-electron chi connectivity index (χ4n) is 2.89. The minimum absolute atomic E-state index is 0.0181. The number of thiophene rings is 1. The third-order valence-electron chi connectivity index (χ3n) is 4.25. The van der Waals surface area contributed by atoms with Crippen LogP contribution in [0.2, 0.25) is 5.02 Å². The van der Waals surface area contributed by atoms with E-state index in [9.17, 15) is 14.0 Å². The van der Waals surface area contributed by atoms with Crippen LogP contribution in [-0.2, 0) is 5.54 Å². The van der Waals surface area contributed by atoms with E-state index in [1.165, 1.54) is 12.1 Å². The summed E-state index contributed by atoms with van der Waals surface area (Å²) in [6, 6.07) is 7.08. The van der Waals surface area contributed by atoms with Crippen molar-refractivity contribution in [2.24, 2.45) is 0 Å². The van der Waals surface area contributed by atoms with Crippen molar-refractivity contribution in [1.82, 2.24) is 9.78 Å². The number of hydrogen-bond acceptors (Lipinski definition) is 4. The molecule has 0 radical (unpaired) electrons. The number of amides is 2. The van der Waals surface area contributed by atoms with E-state index in [4.69, 9.17) is 11.6 Å². The van der Waals surface area contributed by atoms with E-state index in [0.29, 0.717) is 15.7 Å². The number of rotatable bonds is 4. The normalized spacial score (nSPS) is 11.4. The van der Waals surface area contributed by atoms with Gasteiger partial charge >= 0.3 is 0 Å². The average Bonchev–Trinajstić information content (AvgIpc) is 3.16. The predicted octanol–water partition coefficient (Wildman–Crippen LogP) is 5.61. The third kappa shape index (κ3) is 4.71. The molecule has 0 fully saturated rings. The molecule has 0 aliphatic carbocycles. The zero-order valence-corrected chi connectivity index (χ0v) is 18.8. The number of anilines is 2. The van der Waals surface area contributed by atoms with E-state index in [2.05, 4.69) is 15.7 Å². The Labute approximate surface area is 183 Å². The van der Waals surface area contributed by atoms with Crippen molar-refractivity contribution in [2.75, 3.05) is 10.6 Å². The number of nitrogens with zero attached hydrogens (tertiary/aromatic N) is 2. The first-order chi connectivity index (χ1) is 14.0. The van der Waals surface area contributed by atoms with Crippen LogP contribution < -0.4 is 10.6 Å². The summed E-state index contributed by atoms with van der Waals surface area (Å²) in [5, 5.41) is 10.6. The molecule has 0 spiro atoms. The maximum atomic E-state index is 13.2. The maximum absolute atomic E-state index is 13.2. The summed E-state index contributed by atoms with van der Waals surface area (Å²) in [5.41, 5.74) is 1.37. The fourth-order valence-corrected chi connectivity index (χ4v) is 4.11. The molecular weight excluding hydrogens is 427 g/mol. The molecule has 0 aliphatic rings. The van der Waals surface area contributed by atoms with E-state index in [-0.39, 0.29) is 22.0 Å². The molecule has 0 saturated carbocycles. The zero-order chi connectivity index (χ0) is 22.2. The molecule has 3 rings (SSSR count). The monoisotopic (exact) mass is 448 g/mol. The van der Waals surface area contributed by atoms with Gasteiger partial charge in [-0.25, -0.2) is 9.07 Å². The van der Waals surface area contributed by atoms with Crippen LogP contribution in [0.15, 0.2) is 30.3 Å². The molecule has 0 aliphatic heterocycles.